The molecule has 6 nitrogen and oxygen atoms in total. The molecule has 1 aromatic rings. The summed E-state index contributed by atoms with van der Waals surface area (Å²) in [7, 11) is 1.91. The van der Waals surface area contributed by atoms with E-state index in [9.17, 15) is 0 Å². The van der Waals surface area contributed by atoms with Crippen LogP contribution in [0.1, 0.15) is 39.6 Å². The Bertz CT molecular complexity index is 348. The number of nitrogens with zero attached hydrogens (tertiary/aromatic N) is 3. The number of hydrogen-bond acceptors (Lipinski definition) is 5. The van der Waals surface area contributed by atoms with Gasteiger partial charge in [0, 0.05) is 25.7 Å². The van der Waals surface area contributed by atoms with Crippen molar-refractivity contribution in [1.29, 1.82) is 0 Å². The van der Waals surface area contributed by atoms with Crippen molar-refractivity contribution in [3.8, 4) is 0 Å². The molecule has 0 radical (unpaired) electrons. The van der Waals surface area contributed by atoms with Crippen LogP contribution in [0.3, 0.4) is 0 Å². The Labute approximate surface area is 115 Å². The molecule has 19 heavy (non-hydrogen) atoms. The largest absolute Gasteiger partial charge is 0.351 e. The van der Waals surface area contributed by atoms with Crippen molar-refractivity contribution in [3.63, 3.8) is 0 Å². The van der Waals surface area contributed by atoms with E-state index >= 15 is 0 Å². The molecule has 1 atom stereocenters. The number of aromatic nitrogens is 3. The van der Waals surface area contributed by atoms with Crippen LogP contribution in [-0.2, 0) is 15.9 Å². The van der Waals surface area contributed by atoms with E-state index in [4.69, 9.17) is 9.47 Å². The molecule has 6 heteroatoms. The van der Waals surface area contributed by atoms with Crippen molar-refractivity contribution in [3.05, 3.63) is 12.2 Å². The van der Waals surface area contributed by atoms with Gasteiger partial charge in [-0.25, -0.2) is 9.67 Å². The van der Waals surface area contributed by atoms with Gasteiger partial charge in [-0.3, -0.25) is 0 Å². The van der Waals surface area contributed by atoms with E-state index in [1.54, 1.807) is 6.33 Å². The number of rotatable bonds is 9. The van der Waals surface area contributed by atoms with Crippen LogP contribution in [0.2, 0.25) is 0 Å². The van der Waals surface area contributed by atoms with Crippen LogP contribution < -0.4 is 5.32 Å². The summed E-state index contributed by atoms with van der Waals surface area (Å²) in [6, 6.07) is 0.356. The van der Waals surface area contributed by atoms with Gasteiger partial charge in [-0.2, -0.15) is 5.10 Å². The second-order valence-corrected chi connectivity index (χ2v) is 4.59. The standard InChI is InChI=1S/C13H26N4O2/c1-6-18-13(19-7-2)11(14-5)8-12-15-9-16-17(12)10(3)4/h9-11,13-14H,6-8H2,1-5H3. The maximum absolute atomic E-state index is 5.64. The van der Waals surface area contributed by atoms with E-state index in [0.717, 1.165) is 12.2 Å². The fraction of sp³-hybridized carbons (Fsp3) is 0.846. The van der Waals surface area contributed by atoms with Crippen molar-refractivity contribution in [2.75, 3.05) is 20.3 Å². The lowest BCUT2D eigenvalue weighted by atomic mass is 10.2. The molecule has 0 saturated carbocycles. The maximum Gasteiger partial charge on any atom is 0.173 e. The summed E-state index contributed by atoms with van der Waals surface area (Å²) >= 11 is 0. The van der Waals surface area contributed by atoms with Gasteiger partial charge in [0.25, 0.3) is 0 Å². The van der Waals surface area contributed by atoms with Crippen LogP contribution in [0.5, 0.6) is 0 Å². The van der Waals surface area contributed by atoms with Crippen molar-refractivity contribution in [1.82, 2.24) is 20.1 Å². The first-order chi connectivity index (χ1) is 9.13. The number of ether oxygens (including phenoxy) is 2. The lowest BCUT2D eigenvalue weighted by Crippen LogP contribution is -2.43. The first-order valence-electron chi connectivity index (χ1n) is 6.92. The Morgan fingerprint density at radius 3 is 2.37 bits per heavy atom. The highest BCUT2D eigenvalue weighted by Gasteiger charge is 2.23. The minimum absolute atomic E-state index is 0.0570. The fourth-order valence-electron chi connectivity index (χ4n) is 1.99. The van der Waals surface area contributed by atoms with Crippen molar-refractivity contribution < 1.29 is 9.47 Å². The zero-order valence-corrected chi connectivity index (χ0v) is 12.6. The molecule has 110 valence electrons. The van der Waals surface area contributed by atoms with Gasteiger partial charge in [0.15, 0.2) is 6.29 Å². The topological polar surface area (TPSA) is 61.2 Å². The van der Waals surface area contributed by atoms with Crippen molar-refractivity contribution in [2.45, 2.75) is 52.5 Å². The van der Waals surface area contributed by atoms with Gasteiger partial charge in [-0.1, -0.05) is 0 Å². The summed E-state index contributed by atoms with van der Waals surface area (Å²) in [5.74, 6) is 0.943. The van der Waals surface area contributed by atoms with Gasteiger partial charge in [0.05, 0.1) is 6.04 Å². The second kappa shape index (κ2) is 8.24. The minimum atomic E-state index is -0.266. The smallest absolute Gasteiger partial charge is 0.173 e. The van der Waals surface area contributed by atoms with Crippen LogP contribution in [0.4, 0.5) is 0 Å². The molecule has 0 aliphatic carbocycles. The molecule has 0 fully saturated rings. The molecule has 1 heterocycles. The number of likely N-dealkylation sites (N-methyl/N-ethyl adjacent to an activating group) is 1. The predicted octanol–water partition coefficient (Wildman–Crippen LogP) is 1.39. The molecular weight excluding hydrogens is 244 g/mol. The summed E-state index contributed by atoms with van der Waals surface area (Å²) in [6.45, 7) is 9.37. The normalized spacial score (nSPS) is 13.4. The maximum atomic E-state index is 5.64. The van der Waals surface area contributed by atoms with Gasteiger partial charge in [-0.15, -0.1) is 0 Å². The summed E-state index contributed by atoms with van der Waals surface area (Å²) < 4.78 is 13.2. The monoisotopic (exact) mass is 270 g/mol. The van der Waals surface area contributed by atoms with Crippen molar-refractivity contribution >= 4 is 0 Å². The molecule has 0 amide bonds. The molecule has 1 N–H and O–H groups in total. The average molecular weight is 270 g/mol. The first-order valence-corrected chi connectivity index (χ1v) is 6.92. The SMILES string of the molecule is CCOC(OCC)C(Cc1ncnn1C(C)C)NC. The van der Waals surface area contributed by atoms with Gasteiger partial charge >= 0.3 is 0 Å². The molecule has 0 aliphatic heterocycles. The number of hydrogen-bond donors (Lipinski definition) is 1. The van der Waals surface area contributed by atoms with Gasteiger partial charge in [0.1, 0.15) is 12.2 Å². The zero-order chi connectivity index (χ0) is 14.3. The minimum Gasteiger partial charge on any atom is -0.351 e. The molecule has 1 aromatic heterocycles. The Hall–Kier alpha value is -0.980. The van der Waals surface area contributed by atoms with Crippen LogP contribution >= 0.6 is 0 Å². The summed E-state index contributed by atoms with van der Waals surface area (Å²) in [4.78, 5) is 4.33. The Morgan fingerprint density at radius 1 is 1.26 bits per heavy atom. The third-order valence-corrected chi connectivity index (χ3v) is 2.90. The van der Waals surface area contributed by atoms with Gasteiger partial charge < -0.3 is 14.8 Å². The van der Waals surface area contributed by atoms with Crippen LogP contribution in [0.25, 0.3) is 0 Å². The number of nitrogens with one attached hydrogen (secondary N) is 1. The Balaban J connectivity index is 2.76. The summed E-state index contributed by atoms with van der Waals surface area (Å²) in [5.41, 5.74) is 0. The summed E-state index contributed by atoms with van der Waals surface area (Å²) in [6.07, 6.45) is 2.05. The molecule has 0 saturated heterocycles. The molecular formula is C13H26N4O2. The van der Waals surface area contributed by atoms with E-state index in [-0.39, 0.29) is 12.3 Å². The molecule has 1 rings (SSSR count). The molecule has 1 unspecified atom stereocenters. The third-order valence-electron chi connectivity index (χ3n) is 2.90. The van der Waals surface area contributed by atoms with Crippen LogP contribution in [0, 0.1) is 0 Å². The van der Waals surface area contributed by atoms with Gasteiger partial charge in [-0.05, 0) is 34.7 Å². The highest BCUT2D eigenvalue weighted by molar-refractivity contribution is 4.92. The van der Waals surface area contributed by atoms with Crippen LogP contribution in [-0.4, -0.2) is 47.4 Å². The van der Waals surface area contributed by atoms with E-state index in [1.165, 1.54) is 0 Å². The van der Waals surface area contributed by atoms with E-state index < -0.39 is 0 Å². The average Bonchev–Trinajstić information content (AvgIpc) is 2.84. The van der Waals surface area contributed by atoms with E-state index in [0.29, 0.717) is 19.3 Å². The molecule has 0 bridgehead atoms. The quantitative estimate of drug-likeness (QED) is 0.687. The van der Waals surface area contributed by atoms with E-state index in [1.807, 2.05) is 25.6 Å². The molecule has 0 aromatic carbocycles. The highest BCUT2D eigenvalue weighted by atomic mass is 16.7. The lowest BCUT2D eigenvalue weighted by molar-refractivity contribution is -0.153. The third kappa shape index (κ3) is 4.56. The van der Waals surface area contributed by atoms with E-state index in [2.05, 4.69) is 29.2 Å². The van der Waals surface area contributed by atoms with Crippen molar-refractivity contribution in [2.24, 2.45) is 0 Å². The Kier molecular flexibility index (Phi) is 6.97. The Morgan fingerprint density at radius 2 is 1.89 bits per heavy atom. The summed E-state index contributed by atoms with van der Waals surface area (Å²) in [5, 5.41) is 7.50. The highest BCUT2D eigenvalue weighted by Crippen LogP contribution is 2.11. The van der Waals surface area contributed by atoms with Gasteiger partial charge in [0.2, 0.25) is 0 Å². The zero-order valence-electron chi connectivity index (χ0n) is 12.6. The lowest BCUT2D eigenvalue weighted by Gasteiger charge is -2.26. The van der Waals surface area contributed by atoms with Crippen LogP contribution in [0.15, 0.2) is 6.33 Å². The second-order valence-electron chi connectivity index (χ2n) is 4.59. The fourth-order valence-corrected chi connectivity index (χ4v) is 1.99. The predicted molar refractivity (Wildman–Crippen MR) is 74.0 cm³/mol. The first kappa shape index (κ1) is 16.1. The molecule has 0 spiro atoms. The molecule has 0 aliphatic rings.